The van der Waals surface area contributed by atoms with Crippen molar-refractivity contribution in [3.05, 3.63) is 60.1 Å². The summed E-state index contributed by atoms with van der Waals surface area (Å²) in [6, 6.07) is 16.0. The third-order valence-electron chi connectivity index (χ3n) is 2.31. The summed E-state index contributed by atoms with van der Waals surface area (Å²) in [4.78, 5) is 4.29. The van der Waals surface area contributed by atoms with Crippen LogP contribution in [0.3, 0.4) is 0 Å². The minimum Gasteiger partial charge on any atom is -0.245 e. The van der Waals surface area contributed by atoms with Crippen LogP contribution in [0.2, 0.25) is 0 Å². The number of para-hydroxylation sites is 1. The van der Waals surface area contributed by atoms with Crippen LogP contribution in [0.25, 0.3) is 10.2 Å². The van der Waals surface area contributed by atoms with E-state index in [-0.39, 0.29) is 4.90 Å². The molecular weight excluding hydrogens is 280 g/mol. The first-order valence-electron chi connectivity index (χ1n) is 5.43. The molecule has 0 amide bonds. The number of nitrogens with two attached hydrogens (primary N) is 1. The van der Waals surface area contributed by atoms with Gasteiger partial charge in [0.15, 0.2) is 0 Å². The van der Waals surface area contributed by atoms with E-state index in [0.29, 0.717) is 0 Å². The van der Waals surface area contributed by atoms with E-state index in [1.807, 2.05) is 23.7 Å². The summed E-state index contributed by atoms with van der Waals surface area (Å²) in [6.07, 6.45) is 0. The van der Waals surface area contributed by atoms with Crippen molar-refractivity contribution in [1.82, 2.24) is 4.98 Å². The van der Waals surface area contributed by atoms with Gasteiger partial charge in [-0.3, -0.25) is 0 Å². The van der Waals surface area contributed by atoms with Crippen LogP contribution >= 0.6 is 11.3 Å². The molecule has 1 aromatic heterocycles. The highest BCUT2D eigenvalue weighted by atomic mass is 32.2. The van der Waals surface area contributed by atoms with E-state index in [1.165, 1.54) is 16.8 Å². The van der Waals surface area contributed by atoms with E-state index in [4.69, 9.17) is 5.14 Å². The molecule has 0 radical (unpaired) electrons. The SMILES string of the molecule is NS(=O)(=O)c1ccccc1.c1ccc2scnc2c1. The van der Waals surface area contributed by atoms with E-state index in [1.54, 1.807) is 29.5 Å². The van der Waals surface area contributed by atoms with Crippen molar-refractivity contribution >= 4 is 31.6 Å². The van der Waals surface area contributed by atoms with Gasteiger partial charge in [0.1, 0.15) is 0 Å². The minimum atomic E-state index is -3.50. The Morgan fingerprint density at radius 1 is 0.947 bits per heavy atom. The molecule has 0 aliphatic heterocycles. The van der Waals surface area contributed by atoms with Gasteiger partial charge in [0, 0.05) is 0 Å². The Labute approximate surface area is 115 Å². The van der Waals surface area contributed by atoms with E-state index >= 15 is 0 Å². The standard InChI is InChI=1S/C7H5NS.C6H7NO2S/c1-2-4-7-6(3-1)8-5-9-7;7-10(8,9)6-4-2-1-3-5-6/h1-5H;1-5H,(H2,7,8,9). The molecule has 0 unspecified atom stereocenters. The van der Waals surface area contributed by atoms with Crippen LogP contribution in [0.1, 0.15) is 0 Å². The number of aromatic nitrogens is 1. The van der Waals surface area contributed by atoms with Crippen molar-refractivity contribution in [2.24, 2.45) is 5.14 Å². The van der Waals surface area contributed by atoms with Gasteiger partial charge in [0.2, 0.25) is 10.0 Å². The smallest absolute Gasteiger partial charge is 0.238 e. The van der Waals surface area contributed by atoms with Crippen LogP contribution in [-0.2, 0) is 10.0 Å². The largest absolute Gasteiger partial charge is 0.245 e. The number of benzene rings is 2. The Kier molecular flexibility index (Phi) is 4.26. The Morgan fingerprint density at radius 2 is 1.58 bits per heavy atom. The molecule has 4 nitrogen and oxygen atoms in total. The number of sulfonamides is 1. The lowest BCUT2D eigenvalue weighted by Gasteiger charge is -1.93. The number of primary sulfonamides is 1. The third-order valence-corrected chi connectivity index (χ3v) is 4.05. The van der Waals surface area contributed by atoms with Gasteiger partial charge in [0.25, 0.3) is 0 Å². The molecule has 0 atom stereocenters. The number of rotatable bonds is 1. The molecule has 0 spiro atoms. The van der Waals surface area contributed by atoms with Gasteiger partial charge in [0.05, 0.1) is 20.6 Å². The zero-order valence-corrected chi connectivity index (χ0v) is 11.6. The Balaban J connectivity index is 0.000000141. The summed E-state index contributed by atoms with van der Waals surface area (Å²) in [5.41, 5.74) is 2.97. The molecule has 3 aromatic rings. The average molecular weight is 292 g/mol. The fourth-order valence-corrected chi connectivity index (χ4v) is 2.63. The lowest BCUT2D eigenvalue weighted by Crippen LogP contribution is -2.11. The van der Waals surface area contributed by atoms with Gasteiger partial charge >= 0.3 is 0 Å². The summed E-state index contributed by atoms with van der Waals surface area (Å²) in [6.45, 7) is 0. The minimum absolute atomic E-state index is 0.148. The van der Waals surface area contributed by atoms with Gasteiger partial charge in [-0.15, -0.1) is 11.3 Å². The maximum Gasteiger partial charge on any atom is 0.238 e. The van der Waals surface area contributed by atoms with Crippen LogP contribution in [0.5, 0.6) is 0 Å². The molecular formula is C13H12N2O2S2. The second kappa shape index (κ2) is 5.92. The summed E-state index contributed by atoms with van der Waals surface area (Å²) in [5, 5.41) is 4.83. The van der Waals surface area contributed by atoms with Gasteiger partial charge in [-0.2, -0.15) is 0 Å². The lowest BCUT2D eigenvalue weighted by atomic mass is 10.3. The molecule has 1 heterocycles. The monoisotopic (exact) mass is 292 g/mol. The first-order chi connectivity index (χ1) is 9.07. The highest BCUT2D eigenvalue weighted by Crippen LogP contribution is 2.15. The number of hydrogen-bond donors (Lipinski definition) is 1. The predicted octanol–water partition coefficient (Wildman–Crippen LogP) is 2.63. The molecule has 0 aliphatic rings. The molecule has 2 aromatic carbocycles. The van der Waals surface area contributed by atoms with E-state index < -0.39 is 10.0 Å². The molecule has 2 N–H and O–H groups in total. The second-order valence-corrected chi connectivity index (χ2v) is 6.13. The Hall–Kier alpha value is -1.76. The second-order valence-electron chi connectivity index (χ2n) is 3.68. The summed E-state index contributed by atoms with van der Waals surface area (Å²) in [5.74, 6) is 0. The van der Waals surface area contributed by atoms with Gasteiger partial charge < -0.3 is 0 Å². The first-order valence-corrected chi connectivity index (χ1v) is 7.86. The van der Waals surface area contributed by atoms with Crippen LogP contribution < -0.4 is 5.14 Å². The van der Waals surface area contributed by atoms with Gasteiger partial charge in [-0.1, -0.05) is 30.3 Å². The highest BCUT2D eigenvalue weighted by molar-refractivity contribution is 7.89. The van der Waals surface area contributed by atoms with Gasteiger partial charge in [-0.25, -0.2) is 18.5 Å². The summed E-state index contributed by atoms with van der Waals surface area (Å²) in [7, 11) is -3.50. The Morgan fingerprint density at radius 3 is 2.16 bits per heavy atom. The van der Waals surface area contributed by atoms with Crippen molar-refractivity contribution in [3.8, 4) is 0 Å². The number of fused-ring (bicyclic) bond motifs is 1. The maximum absolute atomic E-state index is 10.6. The van der Waals surface area contributed by atoms with Crippen molar-refractivity contribution in [3.63, 3.8) is 0 Å². The van der Waals surface area contributed by atoms with Crippen molar-refractivity contribution in [2.45, 2.75) is 4.90 Å². The van der Waals surface area contributed by atoms with E-state index in [2.05, 4.69) is 11.1 Å². The van der Waals surface area contributed by atoms with Crippen LogP contribution in [0, 0.1) is 0 Å². The number of hydrogen-bond acceptors (Lipinski definition) is 4. The zero-order valence-electron chi connectivity index (χ0n) is 9.93. The fraction of sp³-hybridized carbons (Fsp3) is 0. The molecule has 19 heavy (non-hydrogen) atoms. The topological polar surface area (TPSA) is 73.1 Å². The highest BCUT2D eigenvalue weighted by Gasteiger charge is 2.03. The van der Waals surface area contributed by atoms with Crippen molar-refractivity contribution in [1.29, 1.82) is 0 Å². The Bertz CT molecular complexity index is 722. The first kappa shape index (κ1) is 13.7. The van der Waals surface area contributed by atoms with Crippen LogP contribution in [-0.4, -0.2) is 13.4 Å². The molecule has 98 valence electrons. The van der Waals surface area contributed by atoms with Gasteiger partial charge in [-0.05, 0) is 24.3 Å². The molecule has 0 aliphatic carbocycles. The molecule has 0 bridgehead atoms. The molecule has 0 saturated heterocycles. The lowest BCUT2D eigenvalue weighted by molar-refractivity contribution is 0.598. The zero-order chi connectivity index (χ0) is 13.7. The number of nitrogens with zero attached hydrogens (tertiary/aromatic N) is 1. The summed E-state index contributed by atoms with van der Waals surface area (Å²) < 4.78 is 22.5. The van der Waals surface area contributed by atoms with E-state index in [9.17, 15) is 8.42 Å². The van der Waals surface area contributed by atoms with E-state index in [0.717, 1.165) is 5.52 Å². The van der Waals surface area contributed by atoms with Crippen molar-refractivity contribution < 1.29 is 8.42 Å². The fourth-order valence-electron chi connectivity index (χ4n) is 1.41. The average Bonchev–Trinajstić information content (AvgIpc) is 2.88. The quantitative estimate of drug-likeness (QED) is 0.749. The summed E-state index contributed by atoms with van der Waals surface area (Å²) >= 11 is 1.68. The predicted molar refractivity (Wildman–Crippen MR) is 77.4 cm³/mol. The molecule has 6 heteroatoms. The molecule has 0 saturated carbocycles. The van der Waals surface area contributed by atoms with Crippen molar-refractivity contribution in [2.75, 3.05) is 0 Å². The normalized spacial score (nSPS) is 10.8. The molecule has 3 rings (SSSR count). The molecule has 0 fully saturated rings. The maximum atomic E-state index is 10.6. The third kappa shape index (κ3) is 3.85. The van der Waals surface area contributed by atoms with Crippen LogP contribution in [0.15, 0.2) is 65.0 Å². The van der Waals surface area contributed by atoms with Crippen LogP contribution in [0.4, 0.5) is 0 Å². The number of thiazole rings is 1.